The molecule has 2 aromatic rings. The van der Waals surface area contributed by atoms with Crippen molar-refractivity contribution in [3.05, 3.63) is 46.2 Å². The molecule has 0 saturated carbocycles. The first kappa shape index (κ1) is 17.6. The Morgan fingerprint density at radius 3 is 3.00 bits per heavy atom. The van der Waals surface area contributed by atoms with Gasteiger partial charge in [0.1, 0.15) is 0 Å². The van der Waals surface area contributed by atoms with Gasteiger partial charge in [-0.2, -0.15) is 0 Å². The van der Waals surface area contributed by atoms with E-state index in [9.17, 15) is 9.59 Å². The summed E-state index contributed by atoms with van der Waals surface area (Å²) < 4.78 is 5.76. The van der Waals surface area contributed by atoms with Crippen LogP contribution >= 0.6 is 0 Å². The molecule has 3 rings (SSSR count). The second-order valence-electron chi connectivity index (χ2n) is 6.95. The standard InChI is InChI=1S/C19H25N3O3/c1-13(2)11-22-7-8-25-14(12-22)10-20-19(24)16-9-18(23)21-17-6-4-3-5-15(16)17/h3-6,9,13-14H,7-8,10-12H2,1-2H3,(H,20,24)(H,21,23). The average Bonchev–Trinajstić information content (AvgIpc) is 2.58. The maximum atomic E-state index is 12.6. The van der Waals surface area contributed by atoms with E-state index < -0.39 is 0 Å². The molecule has 1 aromatic heterocycles. The van der Waals surface area contributed by atoms with Gasteiger partial charge in [-0.1, -0.05) is 32.0 Å². The summed E-state index contributed by atoms with van der Waals surface area (Å²) in [6.07, 6.45) is -0.0234. The van der Waals surface area contributed by atoms with Crippen LogP contribution in [0.2, 0.25) is 0 Å². The second kappa shape index (κ2) is 7.80. The van der Waals surface area contributed by atoms with Crippen molar-refractivity contribution in [3.8, 4) is 0 Å². The summed E-state index contributed by atoms with van der Waals surface area (Å²) in [5.41, 5.74) is 0.784. The molecule has 1 unspecified atom stereocenters. The third kappa shape index (κ3) is 4.46. The Balaban J connectivity index is 1.66. The van der Waals surface area contributed by atoms with Crippen LogP contribution in [0.3, 0.4) is 0 Å². The third-order valence-corrected chi connectivity index (χ3v) is 4.33. The smallest absolute Gasteiger partial charge is 0.252 e. The molecule has 1 aromatic carbocycles. The lowest BCUT2D eigenvalue weighted by Crippen LogP contribution is -2.48. The van der Waals surface area contributed by atoms with E-state index in [0.717, 1.165) is 25.0 Å². The minimum absolute atomic E-state index is 0.0234. The Hall–Kier alpha value is -2.18. The van der Waals surface area contributed by atoms with Crippen molar-refractivity contribution < 1.29 is 9.53 Å². The van der Waals surface area contributed by atoms with Gasteiger partial charge in [0.15, 0.2) is 0 Å². The topological polar surface area (TPSA) is 74.4 Å². The third-order valence-electron chi connectivity index (χ3n) is 4.33. The number of H-pyrrole nitrogens is 1. The van der Waals surface area contributed by atoms with Crippen LogP contribution in [0.4, 0.5) is 0 Å². The molecule has 1 atom stereocenters. The van der Waals surface area contributed by atoms with Gasteiger partial charge in [-0.05, 0) is 12.0 Å². The summed E-state index contributed by atoms with van der Waals surface area (Å²) in [6.45, 7) is 8.30. The molecular weight excluding hydrogens is 318 g/mol. The van der Waals surface area contributed by atoms with Crippen LogP contribution in [0.5, 0.6) is 0 Å². The van der Waals surface area contributed by atoms with E-state index >= 15 is 0 Å². The van der Waals surface area contributed by atoms with Crippen LogP contribution < -0.4 is 10.9 Å². The average molecular weight is 343 g/mol. The summed E-state index contributed by atoms with van der Waals surface area (Å²) >= 11 is 0. The number of rotatable bonds is 5. The highest BCUT2D eigenvalue weighted by molar-refractivity contribution is 6.05. The Morgan fingerprint density at radius 2 is 2.20 bits per heavy atom. The van der Waals surface area contributed by atoms with Crippen molar-refractivity contribution in [1.82, 2.24) is 15.2 Å². The molecule has 1 aliphatic heterocycles. The van der Waals surface area contributed by atoms with E-state index in [-0.39, 0.29) is 17.6 Å². The number of carbonyl (C=O) groups is 1. The van der Waals surface area contributed by atoms with Gasteiger partial charge in [-0.15, -0.1) is 0 Å². The maximum absolute atomic E-state index is 12.6. The van der Waals surface area contributed by atoms with E-state index in [2.05, 4.69) is 29.0 Å². The van der Waals surface area contributed by atoms with Crippen LogP contribution in [0.1, 0.15) is 24.2 Å². The highest BCUT2D eigenvalue weighted by atomic mass is 16.5. The highest BCUT2D eigenvalue weighted by Crippen LogP contribution is 2.14. The van der Waals surface area contributed by atoms with Crippen molar-refractivity contribution in [2.75, 3.05) is 32.8 Å². The predicted molar refractivity (Wildman–Crippen MR) is 97.9 cm³/mol. The molecule has 134 valence electrons. The maximum Gasteiger partial charge on any atom is 0.252 e. The van der Waals surface area contributed by atoms with Crippen molar-refractivity contribution in [2.24, 2.45) is 5.92 Å². The number of fused-ring (bicyclic) bond motifs is 1. The normalized spacial score (nSPS) is 18.6. The molecule has 25 heavy (non-hydrogen) atoms. The van der Waals surface area contributed by atoms with E-state index in [1.54, 1.807) is 6.07 Å². The van der Waals surface area contributed by atoms with E-state index in [1.165, 1.54) is 6.07 Å². The molecule has 2 heterocycles. The van der Waals surface area contributed by atoms with Gasteiger partial charge in [-0.25, -0.2) is 0 Å². The highest BCUT2D eigenvalue weighted by Gasteiger charge is 2.22. The zero-order valence-electron chi connectivity index (χ0n) is 14.7. The molecular formula is C19H25N3O3. The number of morpholine rings is 1. The van der Waals surface area contributed by atoms with E-state index in [4.69, 9.17) is 4.74 Å². The Kier molecular flexibility index (Phi) is 5.50. The summed E-state index contributed by atoms with van der Waals surface area (Å²) in [7, 11) is 0. The summed E-state index contributed by atoms with van der Waals surface area (Å²) in [5.74, 6) is 0.364. The van der Waals surface area contributed by atoms with Gasteiger partial charge in [0, 0.05) is 43.1 Å². The van der Waals surface area contributed by atoms with Crippen molar-refractivity contribution >= 4 is 16.8 Å². The first-order chi connectivity index (χ1) is 12.0. The molecule has 1 amide bonds. The van der Waals surface area contributed by atoms with Crippen LogP contribution in [0, 0.1) is 5.92 Å². The zero-order valence-corrected chi connectivity index (χ0v) is 14.7. The number of pyridine rings is 1. The second-order valence-corrected chi connectivity index (χ2v) is 6.95. The number of aromatic amines is 1. The first-order valence-electron chi connectivity index (χ1n) is 8.77. The van der Waals surface area contributed by atoms with E-state index in [1.807, 2.05) is 18.2 Å². The van der Waals surface area contributed by atoms with E-state index in [0.29, 0.717) is 30.1 Å². The quantitative estimate of drug-likeness (QED) is 0.865. The summed E-state index contributed by atoms with van der Waals surface area (Å²) in [6, 6.07) is 8.66. The Morgan fingerprint density at radius 1 is 1.40 bits per heavy atom. The fraction of sp³-hybridized carbons (Fsp3) is 0.474. The largest absolute Gasteiger partial charge is 0.374 e. The van der Waals surface area contributed by atoms with Gasteiger partial charge in [0.25, 0.3) is 5.91 Å². The monoisotopic (exact) mass is 343 g/mol. The molecule has 0 radical (unpaired) electrons. The molecule has 1 aliphatic rings. The zero-order chi connectivity index (χ0) is 17.8. The van der Waals surface area contributed by atoms with Crippen LogP contribution in [0.25, 0.3) is 10.9 Å². The van der Waals surface area contributed by atoms with Crippen LogP contribution in [-0.4, -0.2) is 54.7 Å². The number of aromatic nitrogens is 1. The number of carbonyl (C=O) groups excluding carboxylic acids is 1. The van der Waals surface area contributed by atoms with Gasteiger partial charge in [-0.3, -0.25) is 14.5 Å². The lowest BCUT2D eigenvalue weighted by molar-refractivity contribution is -0.0295. The summed E-state index contributed by atoms with van der Waals surface area (Å²) in [5, 5.41) is 3.66. The van der Waals surface area contributed by atoms with Gasteiger partial charge in [0.05, 0.1) is 18.3 Å². The van der Waals surface area contributed by atoms with Crippen molar-refractivity contribution in [2.45, 2.75) is 20.0 Å². The lowest BCUT2D eigenvalue weighted by Gasteiger charge is -2.33. The Bertz CT molecular complexity index is 800. The fourth-order valence-corrected chi connectivity index (χ4v) is 3.28. The van der Waals surface area contributed by atoms with Gasteiger partial charge in [0.2, 0.25) is 5.56 Å². The molecule has 0 aliphatic carbocycles. The number of para-hydroxylation sites is 1. The number of hydrogen-bond donors (Lipinski definition) is 2. The molecule has 1 fully saturated rings. The molecule has 6 heteroatoms. The minimum atomic E-state index is -0.277. The SMILES string of the molecule is CC(C)CN1CCOC(CNC(=O)c2cc(=O)[nH]c3ccccc23)C1. The number of amides is 1. The van der Waals surface area contributed by atoms with Crippen molar-refractivity contribution in [1.29, 1.82) is 0 Å². The molecule has 0 bridgehead atoms. The first-order valence-corrected chi connectivity index (χ1v) is 8.77. The number of hydrogen-bond acceptors (Lipinski definition) is 4. The lowest BCUT2D eigenvalue weighted by atomic mass is 10.1. The van der Waals surface area contributed by atoms with Crippen LogP contribution in [0.15, 0.2) is 35.1 Å². The number of benzene rings is 1. The van der Waals surface area contributed by atoms with Gasteiger partial charge >= 0.3 is 0 Å². The molecule has 6 nitrogen and oxygen atoms in total. The molecule has 2 N–H and O–H groups in total. The van der Waals surface area contributed by atoms with Crippen molar-refractivity contribution in [3.63, 3.8) is 0 Å². The number of nitrogens with zero attached hydrogens (tertiary/aromatic N) is 1. The molecule has 0 spiro atoms. The number of ether oxygens (including phenoxy) is 1. The fourth-order valence-electron chi connectivity index (χ4n) is 3.28. The van der Waals surface area contributed by atoms with Crippen LogP contribution in [-0.2, 0) is 4.74 Å². The summed E-state index contributed by atoms with van der Waals surface area (Å²) in [4.78, 5) is 29.5. The van der Waals surface area contributed by atoms with Gasteiger partial charge < -0.3 is 15.0 Å². The number of nitrogens with one attached hydrogen (secondary N) is 2. The molecule has 1 saturated heterocycles. The minimum Gasteiger partial charge on any atom is -0.374 e. The Labute approximate surface area is 147 Å². The predicted octanol–water partition coefficient (Wildman–Crippen LogP) is 1.61.